The summed E-state index contributed by atoms with van der Waals surface area (Å²) < 4.78 is 5.40. The summed E-state index contributed by atoms with van der Waals surface area (Å²) in [7, 11) is 1.70. The molecule has 0 unspecified atom stereocenters. The summed E-state index contributed by atoms with van der Waals surface area (Å²) in [5.41, 5.74) is 7.21. The number of nitrogens with one attached hydrogen (secondary N) is 2. The Morgan fingerprint density at radius 2 is 1.87 bits per heavy atom. The minimum atomic E-state index is 0.821. The van der Waals surface area contributed by atoms with Crippen molar-refractivity contribution in [3.05, 3.63) is 72.1 Å². The molecule has 0 saturated carbocycles. The van der Waals surface area contributed by atoms with E-state index in [0.717, 1.165) is 18.0 Å². The summed E-state index contributed by atoms with van der Waals surface area (Å²) >= 11 is 0. The normalized spacial score (nSPS) is 14.6. The van der Waals surface area contributed by atoms with Gasteiger partial charge in [-0.25, -0.2) is 0 Å². The maximum absolute atomic E-state index is 5.40. The van der Waals surface area contributed by atoms with Crippen LogP contribution in [-0.2, 0) is 0 Å². The summed E-state index contributed by atoms with van der Waals surface area (Å²) in [6, 6.07) is 18.9. The highest BCUT2D eigenvalue weighted by Crippen LogP contribution is 2.40. The van der Waals surface area contributed by atoms with Gasteiger partial charge in [0.1, 0.15) is 5.75 Å². The van der Waals surface area contributed by atoms with Gasteiger partial charge in [0.05, 0.1) is 12.8 Å². The van der Waals surface area contributed by atoms with Gasteiger partial charge in [-0.15, -0.1) is 0 Å². The van der Waals surface area contributed by atoms with Crippen molar-refractivity contribution in [2.75, 3.05) is 19.0 Å². The molecule has 114 valence electrons. The highest BCUT2D eigenvalue weighted by molar-refractivity contribution is 5.99. The number of anilines is 1. The molecule has 0 aliphatic carbocycles. The van der Waals surface area contributed by atoms with Gasteiger partial charge in [-0.05, 0) is 34.9 Å². The number of aromatic nitrogens is 1. The van der Waals surface area contributed by atoms with E-state index in [1.54, 1.807) is 7.11 Å². The second-order valence-electron chi connectivity index (χ2n) is 5.58. The largest absolute Gasteiger partial charge is 0.495 e. The molecule has 1 aliphatic rings. The Morgan fingerprint density at radius 3 is 2.70 bits per heavy atom. The van der Waals surface area contributed by atoms with Crippen LogP contribution in [0.15, 0.2) is 60.8 Å². The standard InChI is InChI=1S/C20H18N2O/c1-23-19-10-11-21-18(19)12-15-13-22-17-9-5-8-16(20(15)17)14-6-3-2-4-7-14/h2-12,21-22H,13H2,1H3/b15-12+. The van der Waals surface area contributed by atoms with Gasteiger partial charge in [0, 0.05) is 24.0 Å². The van der Waals surface area contributed by atoms with Crippen molar-refractivity contribution in [1.29, 1.82) is 0 Å². The maximum Gasteiger partial charge on any atom is 0.143 e. The molecule has 2 N–H and O–H groups in total. The van der Waals surface area contributed by atoms with Crippen LogP contribution in [0.3, 0.4) is 0 Å². The third kappa shape index (κ3) is 2.40. The summed E-state index contributed by atoms with van der Waals surface area (Å²) in [6.45, 7) is 0.821. The molecule has 4 rings (SSSR count). The Hall–Kier alpha value is -2.94. The number of benzene rings is 2. The number of ether oxygens (including phenoxy) is 1. The molecule has 3 heteroatoms. The molecule has 0 fully saturated rings. The Labute approximate surface area is 135 Å². The first-order chi connectivity index (χ1) is 11.4. The second kappa shape index (κ2) is 5.69. The Morgan fingerprint density at radius 1 is 1.00 bits per heavy atom. The van der Waals surface area contributed by atoms with Gasteiger partial charge in [0.25, 0.3) is 0 Å². The van der Waals surface area contributed by atoms with Crippen LogP contribution in [0, 0.1) is 0 Å². The van der Waals surface area contributed by atoms with Crippen molar-refractivity contribution in [2.24, 2.45) is 0 Å². The van der Waals surface area contributed by atoms with Gasteiger partial charge >= 0.3 is 0 Å². The smallest absolute Gasteiger partial charge is 0.143 e. The monoisotopic (exact) mass is 302 g/mol. The Bertz CT molecular complexity index is 862. The quantitative estimate of drug-likeness (QED) is 0.738. The van der Waals surface area contributed by atoms with Crippen molar-refractivity contribution in [2.45, 2.75) is 0 Å². The fourth-order valence-electron chi connectivity index (χ4n) is 3.14. The molecule has 0 bridgehead atoms. The lowest BCUT2D eigenvalue weighted by Gasteiger charge is -2.09. The van der Waals surface area contributed by atoms with E-state index in [0.29, 0.717) is 0 Å². The molecule has 0 atom stereocenters. The number of fused-ring (bicyclic) bond motifs is 1. The predicted octanol–water partition coefficient (Wildman–Crippen LogP) is 4.66. The molecule has 0 spiro atoms. The van der Waals surface area contributed by atoms with Crippen LogP contribution >= 0.6 is 0 Å². The molecule has 1 aromatic heterocycles. The molecule has 2 aromatic carbocycles. The lowest BCUT2D eigenvalue weighted by Crippen LogP contribution is -1.92. The van der Waals surface area contributed by atoms with E-state index in [2.05, 4.69) is 58.8 Å². The van der Waals surface area contributed by atoms with Crippen molar-refractivity contribution < 1.29 is 4.74 Å². The number of methoxy groups -OCH3 is 1. The van der Waals surface area contributed by atoms with E-state index >= 15 is 0 Å². The number of aromatic amines is 1. The van der Waals surface area contributed by atoms with Gasteiger partial charge in [0.15, 0.2) is 0 Å². The van der Waals surface area contributed by atoms with E-state index < -0.39 is 0 Å². The highest BCUT2D eigenvalue weighted by Gasteiger charge is 2.20. The summed E-state index contributed by atoms with van der Waals surface area (Å²) in [5.74, 6) is 0.864. The number of hydrogen-bond acceptors (Lipinski definition) is 2. The molecule has 0 saturated heterocycles. The van der Waals surface area contributed by atoms with Gasteiger partial charge in [-0.1, -0.05) is 42.5 Å². The molecule has 3 nitrogen and oxygen atoms in total. The fourth-order valence-corrected chi connectivity index (χ4v) is 3.14. The van der Waals surface area contributed by atoms with Crippen LogP contribution < -0.4 is 10.1 Å². The van der Waals surface area contributed by atoms with Crippen molar-refractivity contribution in [3.8, 4) is 16.9 Å². The molecule has 23 heavy (non-hydrogen) atoms. The average molecular weight is 302 g/mol. The van der Waals surface area contributed by atoms with Crippen molar-refractivity contribution in [1.82, 2.24) is 4.98 Å². The summed E-state index contributed by atoms with van der Waals surface area (Å²) in [5, 5.41) is 3.49. The van der Waals surface area contributed by atoms with E-state index in [4.69, 9.17) is 4.74 Å². The zero-order chi connectivity index (χ0) is 15.6. The van der Waals surface area contributed by atoms with E-state index in [-0.39, 0.29) is 0 Å². The highest BCUT2D eigenvalue weighted by atomic mass is 16.5. The van der Waals surface area contributed by atoms with Crippen LogP contribution in [-0.4, -0.2) is 18.6 Å². The van der Waals surface area contributed by atoms with Crippen molar-refractivity contribution >= 4 is 17.3 Å². The minimum Gasteiger partial charge on any atom is -0.495 e. The lowest BCUT2D eigenvalue weighted by molar-refractivity contribution is 0.414. The third-order valence-corrected chi connectivity index (χ3v) is 4.22. The number of rotatable bonds is 3. The van der Waals surface area contributed by atoms with Crippen LogP contribution in [0.25, 0.3) is 22.8 Å². The van der Waals surface area contributed by atoms with Crippen LogP contribution in [0.1, 0.15) is 11.3 Å². The average Bonchev–Trinajstić information content (AvgIpc) is 3.23. The predicted molar refractivity (Wildman–Crippen MR) is 95.6 cm³/mol. The molecule has 1 aliphatic heterocycles. The first-order valence-electron chi connectivity index (χ1n) is 7.71. The molecule has 0 radical (unpaired) electrons. The van der Waals surface area contributed by atoms with E-state index in [1.165, 1.54) is 28.0 Å². The molecule has 2 heterocycles. The summed E-state index contributed by atoms with van der Waals surface area (Å²) in [6.07, 6.45) is 4.07. The minimum absolute atomic E-state index is 0.821. The first kappa shape index (κ1) is 13.7. The van der Waals surface area contributed by atoms with Crippen LogP contribution in [0.2, 0.25) is 0 Å². The van der Waals surface area contributed by atoms with Gasteiger partial charge in [-0.2, -0.15) is 0 Å². The summed E-state index contributed by atoms with van der Waals surface area (Å²) in [4.78, 5) is 3.24. The molecular formula is C20H18N2O. The zero-order valence-electron chi connectivity index (χ0n) is 13.0. The van der Waals surface area contributed by atoms with Crippen LogP contribution in [0.5, 0.6) is 5.75 Å². The molecule has 0 amide bonds. The SMILES string of the molecule is COc1cc[nH]c1/C=C1\CNc2cccc(-c3ccccc3)c21. The Kier molecular flexibility index (Phi) is 3.39. The lowest BCUT2D eigenvalue weighted by atomic mass is 9.94. The zero-order valence-corrected chi connectivity index (χ0v) is 13.0. The van der Waals surface area contributed by atoms with Gasteiger partial charge < -0.3 is 15.0 Å². The third-order valence-electron chi connectivity index (χ3n) is 4.22. The molecule has 3 aromatic rings. The number of H-pyrrole nitrogens is 1. The number of hydrogen-bond donors (Lipinski definition) is 2. The van der Waals surface area contributed by atoms with Crippen LogP contribution in [0.4, 0.5) is 5.69 Å². The molecular weight excluding hydrogens is 284 g/mol. The van der Waals surface area contributed by atoms with Crippen molar-refractivity contribution in [3.63, 3.8) is 0 Å². The van der Waals surface area contributed by atoms with Gasteiger partial charge in [0.2, 0.25) is 0 Å². The fraction of sp³-hybridized carbons (Fsp3) is 0.100. The first-order valence-corrected chi connectivity index (χ1v) is 7.71. The van der Waals surface area contributed by atoms with E-state index in [1.807, 2.05) is 18.3 Å². The van der Waals surface area contributed by atoms with Gasteiger partial charge in [-0.3, -0.25) is 0 Å². The second-order valence-corrected chi connectivity index (χ2v) is 5.58. The van der Waals surface area contributed by atoms with E-state index in [9.17, 15) is 0 Å². The Balaban J connectivity index is 1.85. The topological polar surface area (TPSA) is 37.0 Å². The maximum atomic E-state index is 5.40.